The molecule has 0 aromatic heterocycles. The SMILES string of the molecule is CCC(=O)NCCN1C(=O)C(C)(C)Oc2cc(F)c(C(=O)N(CC)[C@H]3CCCC[C@@H]3c3cccc(OCCCOC)c3)cc21.CCN(C(=O)c1cc2c(cc1F)OC(C)(C)C(=O)N2CCN)[C@H]1CCCC[C@@H]1c1cccc(OCCCOC)c1. The predicted octanol–water partition coefficient (Wildman–Crippen LogP) is 10.4. The minimum Gasteiger partial charge on any atom is -0.493 e. The van der Waals surface area contributed by atoms with Gasteiger partial charge in [-0.15, -0.1) is 0 Å². The molecule has 84 heavy (non-hydrogen) atoms. The Hall–Kier alpha value is -6.83. The van der Waals surface area contributed by atoms with Crippen LogP contribution in [0.4, 0.5) is 20.2 Å². The number of nitrogens with one attached hydrogen (secondary N) is 1. The third-order valence-electron chi connectivity index (χ3n) is 16.3. The second kappa shape index (κ2) is 29.8. The fourth-order valence-electron chi connectivity index (χ4n) is 12.1. The van der Waals surface area contributed by atoms with Gasteiger partial charge in [0.05, 0.1) is 35.7 Å². The van der Waals surface area contributed by atoms with Crippen molar-refractivity contribution >= 4 is 40.9 Å². The number of fused-ring (bicyclic) bond motifs is 2. The Morgan fingerprint density at radius 3 is 1.46 bits per heavy atom. The number of methoxy groups -OCH3 is 2. The van der Waals surface area contributed by atoms with Crippen LogP contribution in [0.1, 0.15) is 163 Å². The summed E-state index contributed by atoms with van der Waals surface area (Å²) in [5, 5.41) is 2.78. The number of benzene rings is 4. The molecule has 2 aliphatic carbocycles. The Morgan fingerprint density at radius 2 is 1.06 bits per heavy atom. The lowest BCUT2D eigenvalue weighted by molar-refractivity contribution is -0.133. The van der Waals surface area contributed by atoms with Crippen LogP contribution < -0.4 is 39.8 Å². The summed E-state index contributed by atoms with van der Waals surface area (Å²) in [6, 6.07) is 21.2. The van der Waals surface area contributed by atoms with E-state index >= 15 is 8.78 Å². The topological polar surface area (TPSA) is 192 Å². The molecule has 0 spiro atoms. The Kier molecular flexibility index (Phi) is 23.0. The molecule has 4 aromatic carbocycles. The van der Waals surface area contributed by atoms with E-state index in [1.54, 1.807) is 58.6 Å². The molecule has 4 atom stereocenters. The summed E-state index contributed by atoms with van der Waals surface area (Å²) < 4.78 is 65.1. The molecule has 2 fully saturated rings. The van der Waals surface area contributed by atoms with Crippen LogP contribution >= 0.6 is 0 Å². The molecule has 4 aromatic rings. The Bertz CT molecular complexity index is 2920. The highest BCUT2D eigenvalue weighted by Gasteiger charge is 2.44. The van der Waals surface area contributed by atoms with Crippen LogP contribution in [0.5, 0.6) is 23.0 Å². The average Bonchev–Trinajstić information content (AvgIpc) is 1.31. The van der Waals surface area contributed by atoms with Gasteiger partial charge in [0.15, 0.2) is 11.2 Å². The van der Waals surface area contributed by atoms with E-state index in [9.17, 15) is 24.0 Å². The van der Waals surface area contributed by atoms with Crippen molar-refractivity contribution in [3.63, 3.8) is 0 Å². The quantitative estimate of drug-likeness (QED) is 0.0632. The maximum absolute atomic E-state index is 15.7. The minimum atomic E-state index is -1.23. The molecular weight excluding hydrogens is 1080 g/mol. The lowest BCUT2D eigenvalue weighted by atomic mass is 9.79. The van der Waals surface area contributed by atoms with Crippen LogP contribution in [0.2, 0.25) is 0 Å². The van der Waals surface area contributed by atoms with Crippen LogP contribution in [0.25, 0.3) is 0 Å². The van der Waals surface area contributed by atoms with E-state index in [2.05, 4.69) is 23.5 Å². The van der Waals surface area contributed by atoms with E-state index in [-0.39, 0.29) is 90.4 Å². The maximum Gasteiger partial charge on any atom is 0.270 e. The summed E-state index contributed by atoms with van der Waals surface area (Å²) in [6.07, 6.45) is 9.43. The van der Waals surface area contributed by atoms with Crippen molar-refractivity contribution in [3.8, 4) is 23.0 Å². The van der Waals surface area contributed by atoms with Gasteiger partial charge >= 0.3 is 0 Å². The number of halogens is 2. The third kappa shape index (κ3) is 15.3. The highest BCUT2D eigenvalue weighted by Crippen LogP contribution is 2.44. The van der Waals surface area contributed by atoms with E-state index in [1.807, 2.05) is 44.2 Å². The van der Waals surface area contributed by atoms with Gasteiger partial charge in [0.1, 0.15) is 34.6 Å². The molecular formula is C65H88F2N6O11. The first-order valence-corrected chi connectivity index (χ1v) is 30.0. The number of hydrogen-bond donors (Lipinski definition) is 2. The molecule has 4 aliphatic rings. The van der Waals surface area contributed by atoms with Crippen molar-refractivity contribution in [1.29, 1.82) is 0 Å². The number of rotatable bonds is 24. The number of carbonyl (C=O) groups is 5. The first kappa shape index (κ1) is 64.7. The van der Waals surface area contributed by atoms with Gasteiger partial charge in [0, 0.05) is 122 Å². The Morgan fingerprint density at radius 1 is 0.631 bits per heavy atom. The molecule has 0 saturated heterocycles. The fourth-order valence-corrected chi connectivity index (χ4v) is 12.1. The first-order valence-electron chi connectivity index (χ1n) is 30.0. The summed E-state index contributed by atoms with van der Waals surface area (Å²) in [4.78, 5) is 72.9. The summed E-state index contributed by atoms with van der Waals surface area (Å²) in [6.45, 7) is 16.2. The van der Waals surface area contributed by atoms with Gasteiger partial charge in [0.2, 0.25) is 5.91 Å². The fraction of sp³-hybridized carbons (Fsp3) is 0.554. The van der Waals surface area contributed by atoms with Crippen molar-refractivity contribution in [1.82, 2.24) is 15.1 Å². The van der Waals surface area contributed by atoms with Crippen molar-refractivity contribution in [2.45, 2.75) is 154 Å². The molecule has 0 bridgehead atoms. The van der Waals surface area contributed by atoms with Gasteiger partial charge in [-0.3, -0.25) is 24.0 Å². The largest absolute Gasteiger partial charge is 0.493 e. The molecule has 8 rings (SSSR count). The number of carbonyl (C=O) groups excluding carboxylic acids is 5. The van der Waals surface area contributed by atoms with E-state index in [0.29, 0.717) is 57.3 Å². The number of amides is 5. The normalized spacial score (nSPS) is 19.6. The van der Waals surface area contributed by atoms with Crippen LogP contribution in [-0.4, -0.2) is 143 Å². The van der Waals surface area contributed by atoms with Gasteiger partial charge in [-0.1, -0.05) is 56.9 Å². The number of likely N-dealkylation sites (N-methyl/N-ethyl adjacent to an activating group) is 2. The summed E-state index contributed by atoms with van der Waals surface area (Å²) in [5.74, 6) is -0.770. The van der Waals surface area contributed by atoms with E-state index < -0.39 is 34.7 Å². The van der Waals surface area contributed by atoms with Crippen molar-refractivity contribution in [2.24, 2.45) is 5.73 Å². The average molecular weight is 1170 g/mol. The number of anilines is 2. The van der Waals surface area contributed by atoms with Gasteiger partial charge in [-0.2, -0.15) is 0 Å². The highest BCUT2D eigenvalue weighted by atomic mass is 19.1. The standard InChI is InChI=1S/C34H46FN3O6.C31H42FN3O5/c1-6-31(39)36-16-17-38-29-21-26(27(35)22-30(29)44-34(3,4)33(38)41)32(40)37(7-2)28-15-9-8-14-25(28)23-12-10-13-24(20-23)43-19-11-18-42-5;1-5-34(26-13-7-6-12-23(26)21-10-8-11-22(18-21)39-17-9-16-38-4)29(36)24-19-27-28(20-25(24)32)40-31(2,3)30(37)35(27)15-14-33/h10,12-13,20-22,25,28H,6-9,11,14-19H2,1-5H3,(H,36,39);8,10-11,18-20,23,26H,5-7,9,12-17,33H2,1-4H3/t25-,28+;23-,26+/m11/s1. The van der Waals surface area contributed by atoms with Crippen molar-refractivity contribution in [2.75, 3.05) is 89.7 Å². The molecule has 458 valence electrons. The zero-order valence-electron chi connectivity index (χ0n) is 50.7. The Balaban J connectivity index is 0.000000242. The molecule has 0 radical (unpaired) electrons. The van der Waals surface area contributed by atoms with E-state index in [0.717, 1.165) is 86.8 Å². The molecule has 2 saturated carbocycles. The van der Waals surface area contributed by atoms with E-state index in [1.165, 1.54) is 34.1 Å². The summed E-state index contributed by atoms with van der Waals surface area (Å²) >= 11 is 0. The molecule has 5 amide bonds. The Labute approximate surface area is 494 Å². The second-order valence-corrected chi connectivity index (χ2v) is 22.9. The van der Waals surface area contributed by atoms with Crippen molar-refractivity contribution in [3.05, 3.63) is 107 Å². The van der Waals surface area contributed by atoms with Crippen molar-refractivity contribution < 1.29 is 61.2 Å². The van der Waals surface area contributed by atoms with Crippen LogP contribution in [0.3, 0.4) is 0 Å². The number of nitrogens with two attached hydrogens (primary N) is 1. The number of ether oxygens (including phenoxy) is 6. The monoisotopic (exact) mass is 1170 g/mol. The lowest BCUT2D eigenvalue weighted by Crippen LogP contribution is -2.54. The summed E-state index contributed by atoms with van der Waals surface area (Å²) in [7, 11) is 3.34. The maximum atomic E-state index is 15.7. The highest BCUT2D eigenvalue weighted by molar-refractivity contribution is 6.05. The molecule has 2 heterocycles. The molecule has 0 unspecified atom stereocenters. The van der Waals surface area contributed by atoms with Crippen LogP contribution in [0, 0.1) is 11.6 Å². The predicted molar refractivity (Wildman–Crippen MR) is 320 cm³/mol. The minimum absolute atomic E-state index is 0.0697. The third-order valence-corrected chi connectivity index (χ3v) is 16.3. The van der Waals surface area contributed by atoms with Crippen LogP contribution in [-0.2, 0) is 23.9 Å². The van der Waals surface area contributed by atoms with Gasteiger partial charge in [0.25, 0.3) is 23.6 Å². The molecule has 2 aliphatic heterocycles. The molecule has 3 N–H and O–H groups in total. The second-order valence-electron chi connectivity index (χ2n) is 22.9. The molecule has 17 nitrogen and oxygen atoms in total. The number of nitrogens with zero attached hydrogens (tertiary/aromatic N) is 4. The van der Waals surface area contributed by atoms with Gasteiger partial charge < -0.3 is 59.1 Å². The zero-order chi connectivity index (χ0) is 60.7. The first-order chi connectivity index (χ1) is 40.3. The summed E-state index contributed by atoms with van der Waals surface area (Å²) in [5.41, 5.74) is 6.11. The smallest absolute Gasteiger partial charge is 0.270 e. The number of hydrogen-bond acceptors (Lipinski definition) is 12. The zero-order valence-corrected chi connectivity index (χ0v) is 50.7. The van der Waals surface area contributed by atoms with E-state index in [4.69, 9.17) is 34.2 Å². The van der Waals surface area contributed by atoms with Gasteiger partial charge in [-0.25, -0.2) is 8.78 Å². The lowest BCUT2D eigenvalue weighted by Gasteiger charge is -2.41. The van der Waals surface area contributed by atoms with Crippen LogP contribution in [0.15, 0.2) is 72.8 Å². The molecule has 19 heteroatoms. The van der Waals surface area contributed by atoms with Gasteiger partial charge in [-0.05, 0) is 115 Å².